The molecule has 2 aromatic carbocycles. The lowest BCUT2D eigenvalue weighted by Gasteiger charge is -2.33. The monoisotopic (exact) mass is 469 g/mol. The van der Waals surface area contributed by atoms with E-state index in [4.69, 9.17) is 9.40 Å². The first-order valence-corrected chi connectivity index (χ1v) is 12.2. The minimum absolute atomic E-state index is 0.0602. The minimum atomic E-state index is -0.375. The molecule has 5 rings (SSSR count). The number of amides is 1. The van der Waals surface area contributed by atoms with Crippen molar-refractivity contribution in [1.82, 2.24) is 9.88 Å². The van der Waals surface area contributed by atoms with Crippen LogP contribution in [0.3, 0.4) is 0 Å². The second kappa shape index (κ2) is 9.92. The Labute approximate surface area is 205 Å². The molecule has 1 fully saturated rings. The number of carbonyl (C=O) groups is 1. The van der Waals surface area contributed by atoms with Gasteiger partial charge in [-0.15, -0.1) is 0 Å². The van der Waals surface area contributed by atoms with Gasteiger partial charge in [-0.2, -0.15) is 0 Å². The number of furan rings is 1. The van der Waals surface area contributed by atoms with Crippen molar-refractivity contribution in [3.63, 3.8) is 0 Å². The summed E-state index contributed by atoms with van der Waals surface area (Å²) in [5.74, 6) is 1.50. The molecule has 6 heteroatoms. The number of β-amino-alcohol motifs (C(OH)–C–C–N with tert-alkyl or cyclic N) is 1. The van der Waals surface area contributed by atoms with E-state index < -0.39 is 0 Å². The van der Waals surface area contributed by atoms with Gasteiger partial charge < -0.3 is 19.3 Å². The standard InChI is InChI=1S/C29H31N3O3/c1-20-7-10-22(11-8-20)29(34)32(19-26-6-4-14-35-26)17-24-16-23-12-9-21(2)15-27(23)30-28(24)31-13-3-5-25(33)18-31/h4,6-12,14-16,25,33H,3,5,13,17-19H2,1-2H3/t25-/m0/s1. The maximum atomic E-state index is 13.6. The summed E-state index contributed by atoms with van der Waals surface area (Å²) in [5, 5.41) is 11.4. The quantitative estimate of drug-likeness (QED) is 0.418. The van der Waals surface area contributed by atoms with E-state index in [1.165, 1.54) is 0 Å². The van der Waals surface area contributed by atoms with Gasteiger partial charge in [0.1, 0.15) is 11.6 Å². The number of hydrogen-bond acceptors (Lipinski definition) is 5. The summed E-state index contributed by atoms with van der Waals surface area (Å²) in [7, 11) is 0. The van der Waals surface area contributed by atoms with Gasteiger partial charge in [-0.3, -0.25) is 4.79 Å². The number of pyridine rings is 1. The molecule has 0 bridgehead atoms. The summed E-state index contributed by atoms with van der Waals surface area (Å²) in [6, 6.07) is 19.8. The molecule has 1 aliphatic heterocycles. The van der Waals surface area contributed by atoms with Crippen molar-refractivity contribution in [3.8, 4) is 0 Å². The average Bonchev–Trinajstić information content (AvgIpc) is 3.36. The number of anilines is 1. The fraction of sp³-hybridized carbons (Fsp3) is 0.310. The Bertz CT molecular complexity index is 1320. The number of rotatable bonds is 6. The molecule has 0 saturated carbocycles. The Kier molecular flexibility index (Phi) is 6.55. The van der Waals surface area contributed by atoms with Crippen molar-refractivity contribution >= 4 is 22.6 Å². The summed E-state index contributed by atoms with van der Waals surface area (Å²) in [6.45, 7) is 6.18. The van der Waals surface area contributed by atoms with Crippen LogP contribution in [-0.2, 0) is 13.1 Å². The average molecular weight is 470 g/mol. The molecule has 4 aromatic rings. The molecule has 1 atom stereocenters. The number of benzene rings is 2. The van der Waals surface area contributed by atoms with Gasteiger partial charge in [0.25, 0.3) is 5.91 Å². The van der Waals surface area contributed by atoms with Crippen molar-refractivity contribution < 1.29 is 14.3 Å². The lowest BCUT2D eigenvalue weighted by molar-refractivity contribution is 0.0717. The first kappa shape index (κ1) is 23.1. The topological polar surface area (TPSA) is 69.8 Å². The summed E-state index contributed by atoms with van der Waals surface area (Å²) in [6.07, 6.45) is 2.96. The SMILES string of the molecule is Cc1ccc(C(=O)N(Cc2ccco2)Cc2cc3ccc(C)cc3nc2N2CCC[C@H](O)C2)cc1. The van der Waals surface area contributed by atoms with Gasteiger partial charge in [0, 0.05) is 29.6 Å². The third-order valence-electron chi connectivity index (χ3n) is 6.60. The fourth-order valence-corrected chi connectivity index (χ4v) is 4.72. The summed E-state index contributed by atoms with van der Waals surface area (Å²) in [4.78, 5) is 22.7. The molecule has 3 heterocycles. The zero-order valence-corrected chi connectivity index (χ0v) is 20.3. The van der Waals surface area contributed by atoms with Crippen molar-refractivity contribution in [2.75, 3.05) is 18.0 Å². The molecule has 35 heavy (non-hydrogen) atoms. The summed E-state index contributed by atoms with van der Waals surface area (Å²) >= 11 is 0. The van der Waals surface area contributed by atoms with E-state index in [0.29, 0.717) is 25.2 Å². The number of aryl methyl sites for hydroxylation is 2. The third kappa shape index (κ3) is 5.23. The summed E-state index contributed by atoms with van der Waals surface area (Å²) < 4.78 is 5.60. The van der Waals surface area contributed by atoms with Crippen LogP contribution in [0.5, 0.6) is 0 Å². The molecule has 0 spiro atoms. The van der Waals surface area contributed by atoms with Crippen molar-refractivity contribution in [2.45, 2.75) is 45.9 Å². The fourth-order valence-electron chi connectivity index (χ4n) is 4.72. The number of piperidine rings is 1. The first-order valence-electron chi connectivity index (χ1n) is 12.2. The van der Waals surface area contributed by atoms with E-state index in [1.54, 1.807) is 6.26 Å². The largest absolute Gasteiger partial charge is 0.467 e. The van der Waals surface area contributed by atoms with Crippen LogP contribution in [0, 0.1) is 13.8 Å². The van der Waals surface area contributed by atoms with Gasteiger partial charge in [-0.05, 0) is 68.7 Å². The van der Waals surface area contributed by atoms with Crippen LogP contribution in [0.1, 0.15) is 45.7 Å². The molecule has 0 unspecified atom stereocenters. The predicted octanol–water partition coefficient (Wildman–Crippen LogP) is 5.25. The highest BCUT2D eigenvalue weighted by atomic mass is 16.3. The smallest absolute Gasteiger partial charge is 0.254 e. The molecular formula is C29H31N3O3. The number of nitrogens with zero attached hydrogens (tertiary/aromatic N) is 3. The maximum Gasteiger partial charge on any atom is 0.254 e. The van der Waals surface area contributed by atoms with E-state index in [2.05, 4.69) is 36.1 Å². The van der Waals surface area contributed by atoms with Crippen LogP contribution in [0.4, 0.5) is 5.82 Å². The van der Waals surface area contributed by atoms with Gasteiger partial charge in [-0.1, -0.05) is 29.8 Å². The molecule has 0 radical (unpaired) electrons. The molecule has 1 aliphatic rings. The van der Waals surface area contributed by atoms with Crippen LogP contribution >= 0.6 is 0 Å². The van der Waals surface area contributed by atoms with E-state index in [1.807, 2.05) is 48.2 Å². The minimum Gasteiger partial charge on any atom is -0.467 e. The number of carbonyl (C=O) groups excluding carboxylic acids is 1. The lowest BCUT2D eigenvalue weighted by Crippen LogP contribution is -2.40. The molecular weight excluding hydrogens is 438 g/mol. The molecule has 180 valence electrons. The second-order valence-corrected chi connectivity index (χ2v) is 9.52. The van der Waals surface area contributed by atoms with Gasteiger partial charge in [0.2, 0.25) is 0 Å². The Balaban J connectivity index is 1.55. The van der Waals surface area contributed by atoms with Gasteiger partial charge in [-0.25, -0.2) is 4.98 Å². The Morgan fingerprint density at radius 2 is 1.89 bits per heavy atom. The highest BCUT2D eigenvalue weighted by Crippen LogP contribution is 2.29. The number of aromatic nitrogens is 1. The van der Waals surface area contributed by atoms with Crippen LogP contribution in [0.15, 0.2) is 71.3 Å². The van der Waals surface area contributed by atoms with Gasteiger partial charge in [0.15, 0.2) is 0 Å². The van der Waals surface area contributed by atoms with E-state index in [0.717, 1.165) is 58.6 Å². The Morgan fingerprint density at radius 3 is 2.63 bits per heavy atom. The Morgan fingerprint density at radius 1 is 1.09 bits per heavy atom. The number of hydrogen-bond donors (Lipinski definition) is 1. The highest BCUT2D eigenvalue weighted by Gasteiger charge is 2.25. The highest BCUT2D eigenvalue weighted by molar-refractivity contribution is 5.94. The lowest BCUT2D eigenvalue weighted by atomic mass is 10.0. The third-order valence-corrected chi connectivity index (χ3v) is 6.60. The normalized spacial score (nSPS) is 16.0. The van der Waals surface area contributed by atoms with Crippen LogP contribution < -0.4 is 4.90 Å². The predicted molar refractivity (Wildman–Crippen MR) is 137 cm³/mol. The van der Waals surface area contributed by atoms with Crippen LogP contribution in [0.2, 0.25) is 0 Å². The van der Waals surface area contributed by atoms with E-state index >= 15 is 0 Å². The van der Waals surface area contributed by atoms with Gasteiger partial charge in [0.05, 0.1) is 31.0 Å². The van der Waals surface area contributed by atoms with Crippen LogP contribution in [0.25, 0.3) is 10.9 Å². The van der Waals surface area contributed by atoms with E-state index in [-0.39, 0.29) is 12.0 Å². The number of aliphatic hydroxyl groups excluding tert-OH is 1. The zero-order valence-electron chi connectivity index (χ0n) is 20.3. The molecule has 6 nitrogen and oxygen atoms in total. The van der Waals surface area contributed by atoms with E-state index in [9.17, 15) is 9.90 Å². The zero-order chi connectivity index (χ0) is 24.4. The van der Waals surface area contributed by atoms with Crippen molar-refractivity contribution in [2.24, 2.45) is 0 Å². The molecule has 2 aromatic heterocycles. The molecule has 1 saturated heterocycles. The van der Waals surface area contributed by atoms with Crippen molar-refractivity contribution in [3.05, 3.63) is 94.9 Å². The number of aliphatic hydroxyl groups is 1. The number of fused-ring (bicyclic) bond motifs is 1. The molecule has 0 aliphatic carbocycles. The van der Waals surface area contributed by atoms with Crippen LogP contribution in [-0.4, -0.2) is 40.1 Å². The van der Waals surface area contributed by atoms with Crippen molar-refractivity contribution in [1.29, 1.82) is 0 Å². The first-order chi connectivity index (χ1) is 17.0. The molecule has 1 N–H and O–H groups in total. The second-order valence-electron chi connectivity index (χ2n) is 9.52. The Hall–Kier alpha value is -3.64. The van der Waals surface area contributed by atoms with Gasteiger partial charge >= 0.3 is 0 Å². The molecule has 1 amide bonds. The maximum absolute atomic E-state index is 13.6. The summed E-state index contributed by atoms with van der Waals surface area (Å²) in [5.41, 5.74) is 4.78.